The molecule has 25 heavy (non-hydrogen) atoms. The molecule has 10 heteroatoms. The molecule has 4 N–H and O–H groups in total. The van der Waals surface area contributed by atoms with Gasteiger partial charge in [0, 0.05) is 17.1 Å². The van der Waals surface area contributed by atoms with E-state index in [0.29, 0.717) is 0 Å². The summed E-state index contributed by atoms with van der Waals surface area (Å²) in [5, 5.41) is 0. The van der Waals surface area contributed by atoms with E-state index in [1.807, 2.05) is 0 Å². The minimum Gasteiger partial charge on any atom is -0.434 e. The minimum atomic E-state index is -2.61. The van der Waals surface area contributed by atoms with Crippen LogP contribution in [0.1, 0.15) is 11.5 Å². The largest absolute Gasteiger partial charge is 0.434 e. The van der Waals surface area contributed by atoms with Gasteiger partial charge in [-0.05, 0) is 29.9 Å². The number of cyclic esters (lactones) is 1. The number of carbonyl (C=O) groups is 2. The van der Waals surface area contributed by atoms with Crippen LogP contribution in [-0.4, -0.2) is 45.3 Å². The average molecular weight is 374 g/mol. The number of hydrogen-bond donors (Lipinski definition) is 3. The van der Waals surface area contributed by atoms with E-state index in [1.54, 1.807) is 0 Å². The van der Waals surface area contributed by atoms with Gasteiger partial charge in [0.2, 0.25) is 0 Å². The highest BCUT2D eigenvalue weighted by atomic mass is 32.3. The van der Waals surface area contributed by atoms with Crippen molar-refractivity contribution in [2.75, 3.05) is 23.0 Å². The lowest BCUT2D eigenvalue weighted by molar-refractivity contribution is -0.124. The molecule has 3 fully saturated rings. The van der Waals surface area contributed by atoms with Gasteiger partial charge in [0.05, 0.1) is 12.2 Å². The van der Waals surface area contributed by atoms with Crippen molar-refractivity contribution in [3.63, 3.8) is 0 Å². The number of carbonyl (C=O) groups excluding carboxylic acids is 2. The Kier molecular flexibility index (Phi) is 3.50. The summed E-state index contributed by atoms with van der Waals surface area (Å²) in [6.45, 7) is -0.206. The normalized spacial score (nSPS) is 33.8. The first kappa shape index (κ1) is 16.6. The minimum absolute atomic E-state index is 0.0532. The molecule has 2 aliphatic heterocycles. The molecule has 2 saturated heterocycles. The molecule has 1 unspecified atom stereocenters. The van der Waals surface area contributed by atoms with Crippen LogP contribution in [-0.2, 0) is 9.53 Å². The second-order valence-electron chi connectivity index (χ2n) is 6.70. The van der Waals surface area contributed by atoms with Crippen LogP contribution in [0.4, 0.5) is 19.3 Å². The number of hydrogen-bond acceptors (Lipinski definition) is 5. The molecule has 2 amide bonds. The van der Waals surface area contributed by atoms with Crippen LogP contribution in [0.5, 0.6) is 0 Å². The monoisotopic (exact) mass is 374 g/mol. The van der Waals surface area contributed by atoms with Gasteiger partial charge in [0.25, 0.3) is 5.91 Å². The van der Waals surface area contributed by atoms with E-state index in [4.69, 9.17) is 10.5 Å². The van der Waals surface area contributed by atoms with Crippen LogP contribution in [0.15, 0.2) is 12.1 Å². The summed E-state index contributed by atoms with van der Waals surface area (Å²) in [7, 11) is -2.61. The predicted octanol–water partition coefficient (Wildman–Crippen LogP) is 1.87. The number of benzene rings is 1. The fourth-order valence-electron chi connectivity index (χ4n) is 3.88. The fourth-order valence-corrected chi connectivity index (χ4v) is 6.16. The molecule has 0 spiro atoms. The van der Waals surface area contributed by atoms with Crippen LogP contribution in [0.25, 0.3) is 0 Å². The summed E-state index contributed by atoms with van der Waals surface area (Å²) in [4.78, 5) is 23.8. The molecule has 4 rings (SSSR count). The molecule has 3 aliphatic rings. The first-order valence-electron chi connectivity index (χ1n) is 7.68. The number of rotatable bonds is 3. The summed E-state index contributed by atoms with van der Waals surface area (Å²) in [6, 6.07) is 2.05. The number of amides is 2. The van der Waals surface area contributed by atoms with Crippen molar-refractivity contribution in [2.45, 2.75) is 12.0 Å². The van der Waals surface area contributed by atoms with Crippen molar-refractivity contribution in [3.05, 3.63) is 29.3 Å². The first-order valence-corrected chi connectivity index (χ1v) is 9.56. The van der Waals surface area contributed by atoms with E-state index in [0.717, 1.165) is 17.0 Å². The van der Waals surface area contributed by atoms with Crippen LogP contribution >= 0.6 is 10.6 Å². The molecule has 1 aromatic rings. The van der Waals surface area contributed by atoms with Gasteiger partial charge in [0.1, 0.15) is 11.6 Å². The van der Waals surface area contributed by atoms with Gasteiger partial charge in [-0.2, -0.15) is 10.6 Å². The lowest BCUT2D eigenvalue weighted by Gasteiger charge is -2.29. The number of nitrogens with two attached hydrogens (primary N) is 1. The Morgan fingerprint density at radius 1 is 1.24 bits per heavy atom. The van der Waals surface area contributed by atoms with E-state index >= 15 is 0 Å². The van der Waals surface area contributed by atoms with Crippen molar-refractivity contribution >= 4 is 28.3 Å². The van der Waals surface area contributed by atoms with Gasteiger partial charge in [-0.1, -0.05) is 0 Å². The zero-order valence-electron chi connectivity index (χ0n) is 12.9. The summed E-state index contributed by atoms with van der Waals surface area (Å²) in [5.41, 5.74) is 4.93. The van der Waals surface area contributed by atoms with Crippen LogP contribution in [0, 0.1) is 23.5 Å². The SMILES string of the molecule is NC(=O)[C@H]1CN(c2cc(F)c(C3[C@H]4CS(O)(O)C[C@@H]34)c(F)c2)C(=O)O1. The highest BCUT2D eigenvalue weighted by Gasteiger charge is 2.60. The van der Waals surface area contributed by atoms with E-state index in [2.05, 4.69) is 0 Å². The summed E-state index contributed by atoms with van der Waals surface area (Å²) in [5.74, 6) is -2.74. The molecule has 7 nitrogen and oxygen atoms in total. The second-order valence-corrected chi connectivity index (χ2v) is 8.97. The fraction of sp³-hybridized carbons (Fsp3) is 0.467. The number of halogens is 2. The predicted molar refractivity (Wildman–Crippen MR) is 85.5 cm³/mol. The molecule has 1 aromatic carbocycles. The molecule has 4 atom stereocenters. The first-order chi connectivity index (χ1) is 11.7. The molecule has 0 aromatic heterocycles. The third-order valence-corrected chi connectivity index (χ3v) is 6.93. The average Bonchev–Trinajstić information content (AvgIpc) is 2.85. The topological polar surface area (TPSA) is 113 Å². The standard InChI is InChI=1S/C15H16F2N2O5S/c16-9-1-6(19-3-11(14(18)20)24-15(19)21)2-10(17)13(9)12-7-4-25(22,23)5-8(7)12/h1-2,7-8,11-12,22-23H,3-5H2,(H2,18,20)/t7-,8+,11-,12?/m1/s1. The lowest BCUT2D eigenvalue weighted by atomic mass is 10.1. The van der Waals surface area contributed by atoms with Crippen molar-refractivity contribution in [2.24, 2.45) is 17.6 Å². The highest BCUT2D eigenvalue weighted by molar-refractivity contribution is 8.24. The van der Waals surface area contributed by atoms with Gasteiger partial charge in [-0.15, -0.1) is 0 Å². The second kappa shape index (κ2) is 5.29. The zero-order chi connectivity index (χ0) is 18.1. The Morgan fingerprint density at radius 2 is 1.80 bits per heavy atom. The number of nitrogens with zero attached hydrogens (tertiary/aromatic N) is 1. The number of ether oxygens (including phenoxy) is 1. The van der Waals surface area contributed by atoms with Gasteiger partial charge in [-0.3, -0.25) is 18.8 Å². The number of primary amides is 1. The Bertz CT molecular complexity index is 752. The molecule has 1 aliphatic carbocycles. The highest BCUT2D eigenvalue weighted by Crippen LogP contribution is 2.69. The van der Waals surface area contributed by atoms with E-state index in [9.17, 15) is 27.5 Å². The van der Waals surface area contributed by atoms with Gasteiger partial charge >= 0.3 is 6.09 Å². The number of anilines is 1. The van der Waals surface area contributed by atoms with Crippen molar-refractivity contribution < 1.29 is 32.2 Å². The molecule has 0 radical (unpaired) electrons. The van der Waals surface area contributed by atoms with Crippen LogP contribution in [0.2, 0.25) is 0 Å². The van der Waals surface area contributed by atoms with Crippen LogP contribution in [0.3, 0.4) is 0 Å². The maximum absolute atomic E-state index is 14.5. The molecule has 2 heterocycles. The summed E-state index contributed by atoms with van der Waals surface area (Å²) in [6.07, 6.45) is -2.06. The van der Waals surface area contributed by atoms with Crippen LogP contribution < -0.4 is 10.6 Å². The Morgan fingerprint density at radius 3 is 2.28 bits per heavy atom. The Balaban J connectivity index is 1.58. The third kappa shape index (κ3) is 2.64. The quantitative estimate of drug-likeness (QED) is 0.748. The third-order valence-electron chi connectivity index (χ3n) is 5.09. The van der Waals surface area contributed by atoms with Gasteiger partial charge in [0.15, 0.2) is 6.10 Å². The van der Waals surface area contributed by atoms with Crippen molar-refractivity contribution in [3.8, 4) is 0 Å². The lowest BCUT2D eigenvalue weighted by Crippen LogP contribution is -2.32. The van der Waals surface area contributed by atoms with Crippen molar-refractivity contribution in [1.82, 2.24) is 0 Å². The van der Waals surface area contributed by atoms with Crippen molar-refractivity contribution in [1.29, 1.82) is 0 Å². The maximum atomic E-state index is 14.5. The smallest absolute Gasteiger partial charge is 0.415 e. The van der Waals surface area contributed by atoms with E-state index < -0.39 is 40.3 Å². The Labute approximate surface area is 143 Å². The molecule has 0 bridgehead atoms. The zero-order valence-corrected chi connectivity index (χ0v) is 13.7. The molecular weight excluding hydrogens is 358 g/mol. The summed E-state index contributed by atoms with van der Waals surface area (Å²) >= 11 is 0. The molecular formula is C15H16F2N2O5S. The maximum Gasteiger partial charge on any atom is 0.415 e. The summed E-state index contributed by atoms with van der Waals surface area (Å²) < 4.78 is 53.1. The molecule has 136 valence electrons. The number of fused-ring (bicyclic) bond motifs is 1. The van der Waals surface area contributed by atoms with E-state index in [1.165, 1.54) is 0 Å². The molecule has 1 saturated carbocycles. The van der Waals surface area contributed by atoms with Gasteiger partial charge < -0.3 is 10.5 Å². The van der Waals surface area contributed by atoms with E-state index in [-0.39, 0.29) is 47.1 Å². The van der Waals surface area contributed by atoms with Gasteiger partial charge in [-0.25, -0.2) is 13.6 Å². The Hall–Kier alpha value is -1.91.